The molecule has 1 aliphatic rings. The highest BCUT2D eigenvalue weighted by Crippen LogP contribution is 2.25. The van der Waals surface area contributed by atoms with Gasteiger partial charge in [0.25, 0.3) is 10.0 Å². The van der Waals surface area contributed by atoms with Crippen LogP contribution in [-0.4, -0.2) is 32.1 Å². The van der Waals surface area contributed by atoms with Crippen LogP contribution in [0, 0.1) is 0 Å². The summed E-state index contributed by atoms with van der Waals surface area (Å²) in [5.74, 6) is 0. The number of rotatable bonds is 5. The summed E-state index contributed by atoms with van der Waals surface area (Å²) < 4.78 is 31.2. The Kier molecular flexibility index (Phi) is 6.20. The fraction of sp³-hybridized carbons (Fsp3) is 0.600. The van der Waals surface area contributed by atoms with E-state index >= 15 is 0 Å². The lowest BCUT2D eigenvalue weighted by molar-refractivity contribution is 0.158. The van der Waals surface area contributed by atoms with Crippen LogP contribution >= 0.6 is 0 Å². The normalized spacial score (nSPS) is 16.4. The third kappa shape index (κ3) is 5.09. The van der Waals surface area contributed by atoms with Gasteiger partial charge in [-0.3, -0.25) is 4.98 Å². The van der Waals surface area contributed by atoms with Crippen molar-refractivity contribution in [2.75, 3.05) is 11.9 Å². The molecule has 1 aromatic rings. The minimum absolute atomic E-state index is 0.0442. The molecule has 0 radical (unpaired) electrons. The lowest BCUT2D eigenvalue weighted by atomic mass is 10.1. The van der Waals surface area contributed by atoms with Gasteiger partial charge in [-0.15, -0.1) is 0 Å². The first-order valence-electron chi connectivity index (χ1n) is 7.93. The smallest absolute Gasteiger partial charge is 0.421 e. The number of anilines is 1. The lowest BCUT2D eigenvalue weighted by Gasteiger charge is -2.19. The van der Waals surface area contributed by atoms with Crippen molar-refractivity contribution in [2.45, 2.75) is 56.4 Å². The standard InChI is InChI=1S/C15H23N3O4S/c1-2-22-15(19)18-23(20,21)14-11-16-10-9-13(14)17-12-7-5-3-4-6-8-12/h9-12H,2-8H2,1H3,(H,16,17)(H,18,19). The second-order valence-electron chi connectivity index (χ2n) is 5.53. The van der Waals surface area contributed by atoms with Gasteiger partial charge in [-0.2, -0.15) is 0 Å². The van der Waals surface area contributed by atoms with Crippen molar-refractivity contribution < 1.29 is 17.9 Å². The molecule has 0 spiro atoms. The number of ether oxygens (including phenoxy) is 1. The Hall–Kier alpha value is -1.83. The van der Waals surface area contributed by atoms with Crippen LogP contribution in [0.1, 0.15) is 45.4 Å². The molecule has 0 unspecified atom stereocenters. The quantitative estimate of drug-likeness (QED) is 0.799. The first-order chi connectivity index (χ1) is 11.0. The molecule has 1 aliphatic carbocycles. The Labute approximate surface area is 136 Å². The fourth-order valence-electron chi connectivity index (χ4n) is 2.68. The number of sulfonamides is 1. The van der Waals surface area contributed by atoms with Gasteiger partial charge in [0.1, 0.15) is 4.90 Å². The molecule has 1 saturated carbocycles. The molecule has 7 nitrogen and oxygen atoms in total. The summed E-state index contributed by atoms with van der Waals surface area (Å²) in [5, 5.41) is 3.29. The summed E-state index contributed by atoms with van der Waals surface area (Å²) in [6.45, 7) is 1.71. The molecule has 2 rings (SSSR count). The predicted octanol–water partition coefficient (Wildman–Crippen LogP) is 2.65. The maximum Gasteiger partial charge on any atom is 0.421 e. The summed E-state index contributed by atoms with van der Waals surface area (Å²) in [5.41, 5.74) is 0.462. The number of carbonyl (C=O) groups excluding carboxylic acids is 1. The van der Waals surface area contributed by atoms with Crippen molar-refractivity contribution in [3.8, 4) is 0 Å². The van der Waals surface area contributed by atoms with Crippen LogP contribution in [0.15, 0.2) is 23.4 Å². The van der Waals surface area contributed by atoms with Crippen LogP contribution in [0.25, 0.3) is 0 Å². The zero-order valence-corrected chi connectivity index (χ0v) is 14.1. The van der Waals surface area contributed by atoms with Crippen molar-refractivity contribution >= 4 is 21.8 Å². The number of carbonyl (C=O) groups is 1. The number of nitrogens with one attached hydrogen (secondary N) is 2. The second-order valence-corrected chi connectivity index (χ2v) is 7.18. The molecule has 8 heteroatoms. The summed E-state index contributed by atoms with van der Waals surface area (Å²) >= 11 is 0. The topological polar surface area (TPSA) is 97.4 Å². The molecule has 0 atom stereocenters. The van der Waals surface area contributed by atoms with Gasteiger partial charge >= 0.3 is 6.09 Å². The van der Waals surface area contributed by atoms with E-state index in [0.717, 1.165) is 25.7 Å². The van der Waals surface area contributed by atoms with E-state index in [-0.39, 0.29) is 17.5 Å². The molecule has 1 amide bonds. The summed E-state index contributed by atoms with van der Waals surface area (Å²) in [6, 6.07) is 1.85. The van der Waals surface area contributed by atoms with Crippen LogP contribution in [-0.2, 0) is 14.8 Å². The lowest BCUT2D eigenvalue weighted by Crippen LogP contribution is -2.32. The monoisotopic (exact) mass is 341 g/mol. The van der Waals surface area contributed by atoms with Gasteiger partial charge in [-0.05, 0) is 25.8 Å². The molecule has 1 aromatic heterocycles. The fourth-order valence-corrected chi connectivity index (χ4v) is 3.69. The first kappa shape index (κ1) is 17.5. The molecule has 23 heavy (non-hydrogen) atoms. The van der Waals surface area contributed by atoms with E-state index < -0.39 is 16.1 Å². The van der Waals surface area contributed by atoms with E-state index in [0.29, 0.717) is 5.69 Å². The Bertz CT molecular complexity index is 625. The van der Waals surface area contributed by atoms with Crippen molar-refractivity contribution in [3.63, 3.8) is 0 Å². The highest BCUT2D eigenvalue weighted by molar-refractivity contribution is 7.90. The molecule has 1 heterocycles. The first-order valence-corrected chi connectivity index (χ1v) is 9.41. The van der Waals surface area contributed by atoms with Gasteiger partial charge in [-0.25, -0.2) is 17.9 Å². The van der Waals surface area contributed by atoms with Crippen molar-refractivity contribution in [2.24, 2.45) is 0 Å². The Morgan fingerprint density at radius 2 is 2.00 bits per heavy atom. The van der Waals surface area contributed by atoms with Crippen LogP contribution in [0.5, 0.6) is 0 Å². The van der Waals surface area contributed by atoms with Crippen molar-refractivity contribution in [1.82, 2.24) is 9.71 Å². The zero-order chi connectivity index (χ0) is 16.7. The SMILES string of the molecule is CCOC(=O)NS(=O)(=O)c1cnccc1NC1CCCCCC1. The summed E-state index contributed by atoms with van der Waals surface area (Å²) in [6.07, 6.45) is 8.48. The van der Waals surface area contributed by atoms with Crippen LogP contribution in [0.4, 0.5) is 10.5 Å². The summed E-state index contributed by atoms with van der Waals surface area (Å²) in [4.78, 5) is 15.2. The maximum absolute atomic E-state index is 12.4. The second kappa shape index (κ2) is 8.14. The molecule has 0 bridgehead atoms. The van der Waals surface area contributed by atoms with Gasteiger partial charge in [0.05, 0.1) is 12.3 Å². The van der Waals surface area contributed by atoms with Gasteiger partial charge in [0, 0.05) is 18.4 Å². The largest absolute Gasteiger partial charge is 0.449 e. The van der Waals surface area contributed by atoms with E-state index in [9.17, 15) is 13.2 Å². The Morgan fingerprint density at radius 3 is 2.65 bits per heavy atom. The van der Waals surface area contributed by atoms with E-state index in [1.165, 1.54) is 25.2 Å². The number of pyridine rings is 1. The molecule has 0 aromatic carbocycles. The highest BCUT2D eigenvalue weighted by atomic mass is 32.2. The van der Waals surface area contributed by atoms with Gasteiger partial charge in [0.15, 0.2) is 0 Å². The minimum Gasteiger partial charge on any atom is -0.449 e. The van der Waals surface area contributed by atoms with Crippen LogP contribution in [0.3, 0.4) is 0 Å². The van der Waals surface area contributed by atoms with E-state index in [1.807, 2.05) is 4.72 Å². The maximum atomic E-state index is 12.4. The number of aromatic nitrogens is 1. The van der Waals surface area contributed by atoms with Crippen LogP contribution < -0.4 is 10.0 Å². The zero-order valence-electron chi connectivity index (χ0n) is 13.2. The van der Waals surface area contributed by atoms with E-state index in [1.54, 1.807) is 13.0 Å². The van der Waals surface area contributed by atoms with Crippen LogP contribution in [0.2, 0.25) is 0 Å². The molecular weight excluding hydrogens is 318 g/mol. The molecule has 1 fully saturated rings. The third-order valence-corrected chi connectivity index (χ3v) is 5.12. The van der Waals surface area contributed by atoms with Gasteiger partial charge in [0.2, 0.25) is 0 Å². The average molecular weight is 341 g/mol. The Morgan fingerprint density at radius 1 is 1.30 bits per heavy atom. The number of amides is 1. The predicted molar refractivity (Wildman–Crippen MR) is 86.7 cm³/mol. The average Bonchev–Trinajstić information content (AvgIpc) is 2.76. The van der Waals surface area contributed by atoms with E-state index in [4.69, 9.17) is 0 Å². The minimum atomic E-state index is -4.02. The molecular formula is C15H23N3O4S. The van der Waals surface area contributed by atoms with Crippen molar-refractivity contribution in [1.29, 1.82) is 0 Å². The van der Waals surface area contributed by atoms with Gasteiger partial charge < -0.3 is 10.1 Å². The molecule has 2 N–H and O–H groups in total. The number of hydrogen-bond donors (Lipinski definition) is 2. The van der Waals surface area contributed by atoms with E-state index in [2.05, 4.69) is 15.0 Å². The Balaban J connectivity index is 2.17. The number of hydrogen-bond acceptors (Lipinski definition) is 6. The van der Waals surface area contributed by atoms with Crippen molar-refractivity contribution in [3.05, 3.63) is 18.5 Å². The third-order valence-electron chi connectivity index (χ3n) is 3.78. The number of nitrogens with zero attached hydrogens (tertiary/aromatic N) is 1. The highest BCUT2D eigenvalue weighted by Gasteiger charge is 2.23. The molecule has 128 valence electrons. The van der Waals surface area contributed by atoms with Gasteiger partial charge in [-0.1, -0.05) is 25.7 Å². The summed E-state index contributed by atoms with van der Waals surface area (Å²) in [7, 11) is -4.02. The molecule has 0 saturated heterocycles. The molecule has 0 aliphatic heterocycles.